The van der Waals surface area contributed by atoms with Gasteiger partial charge in [-0.15, -0.1) is 0 Å². The number of nitrogens with zero attached hydrogens (tertiary/aromatic N) is 1. The summed E-state index contributed by atoms with van der Waals surface area (Å²) in [6.07, 6.45) is 3.08. The minimum atomic E-state index is 0.111. The average molecular weight is 271 g/mol. The van der Waals surface area contributed by atoms with Crippen molar-refractivity contribution in [3.05, 3.63) is 0 Å². The highest BCUT2D eigenvalue weighted by atomic mass is 16.5. The van der Waals surface area contributed by atoms with Crippen LogP contribution in [0.2, 0.25) is 0 Å². The number of hydrogen-bond acceptors (Lipinski definition) is 4. The Morgan fingerprint density at radius 2 is 1.95 bits per heavy atom. The number of ether oxygens (including phenoxy) is 1. The summed E-state index contributed by atoms with van der Waals surface area (Å²) in [6.45, 7) is 10.4. The van der Waals surface area contributed by atoms with Crippen LogP contribution in [-0.4, -0.2) is 62.8 Å². The van der Waals surface area contributed by atoms with E-state index < -0.39 is 0 Å². The van der Waals surface area contributed by atoms with Crippen molar-refractivity contribution in [2.45, 2.75) is 39.2 Å². The average Bonchev–Trinajstić information content (AvgIpc) is 2.45. The second-order valence-corrected chi connectivity index (χ2v) is 5.07. The van der Waals surface area contributed by atoms with Gasteiger partial charge in [0.25, 0.3) is 0 Å². The summed E-state index contributed by atoms with van der Waals surface area (Å²) in [7, 11) is 0. The molecule has 0 atom stereocenters. The summed E-state index contributed by atoms with van der Waals surface area (Å²) in [5.41, 5.74) is 0. The van der Waals surface area contributed by atoms with Gasteiger partial charge in [0.1, 0.15) is 0 Å². The van der Waals surface area contributed by atoms with E-state index in [1.165, 1.54) is 0 Å². The highest BCUT2D eigenvalue weighted by molar-refractivity contribution is 5.78. The molecule has 1 aliphatic rings. The summed E-state index contributed by atoms with van der Waals surface area (Å²) < 4.78 is 5.31. The van der Waals surface area contributed by atoms with Crippen molar-refractivity contribution >= 4 is 5.91 Å². The number of hydrogen-bond donors (Lipinski definition) is 2. The molecule has 1 saturated heterocycles. The molecule has 0 radical (unpaired) electrons. The Hall–Kier alpha value is -0.650. The standard InChI is InChI=1S/C14H29N3O2/c1-3-13(4-2)16-14(18)12-15-6-5-7-17-8-10-19-11-9-17/h13,15H,3-12H2,1-2H3,(H,16,18). The molecule has 2 N–H and O–H groups in total. The number of amides is 1. The van der Waals surface area contributed by atoms with Gasteiger partial charge in [-0.05, 0) is 32.4 Å². The zero-order valence-electron chi connectivity index (χ0n) is 12.4. The molecule has 0 saturated carbocycles. The first-order valence-electron chi connectivity index (χ1n) is 7.56. The predicted octanol–water partition coefficient (Wildman–Crippen LogP) is 0.603. The maximum absolute atomic E-state index is 11.6. The first-order valence-corrected chi connectivity index (χ1v) is 7.56. The smallest absolute Gasteiger partial charge is 0.234 e. The molecular weight excluding hydrogens is 242 g/mol. The summed E-state index contributed by atoms with van der Waals surface area (Å²) in [5.74, 6) is 0.111. The Bertz CT molecular complexity index is 239. The highest BCUT2D eigenvalue weighted by Gasteiger charge is 2.10. The first-order chi connectivity index (χ1) is 9.26. The first kappa shape index (κ1) is 16.4. The van der Waals surface area contributed by atoms with E-state index in [1.54, 1.807) is 0 Å². The summed E-state index contributed by atoms with van der Waals surface area (Å²) in [6, 6.07) is 0.322. The van der Waals surface area contributed by atoms with Crippen LogP contribution >= 0.6 is 0 Å². The Morgan fingerprint density at radius 1 is 1.26 bits per heavy atom. The van der Waals surface area contributed by atoms with Crippen LogP contribution in [0.3, 0.4) is 0 Å². The lowest BCUT2D eigenvalue weighted by Gasteiger charge is -2.26. The lowest BCUT2D eigenvalue weighted by Crippen LogP contribution is -2.41. The molecule has 0 aromatic carbocycles. The quantitative estimate of drug-likeness (QED) is 0.603. The normalized spacial score (nSPS) is 16.8. The van der Waals surface area contributed by atoms with Gasteiger partial charge < -0.3 is 15.4 Å². The van der Waals surface area contributed by atoms with Gasteiger partial charge in [-0.25, -0.2) is 0 Å². The van der Waals surface area contributed by atoms with Crippen molar-refractivity contribution in [3.63, 3.8) is 0 Å². The van der Waals surface area contributed by atoms with Crippen molar-refractivity contribution in [1.29, 1.82) is 0 Å². The Labute approximate surface area is 117 Å². The van der Waals surface area contributed by atoms with E-state index in [0.29, 0.717) is 12.6 Å². The van der Waals surface area contributed by atoms with Gasteiger partial charge in [-0.2, -0.15) is 0 Å². The molecule has 0 unspecified atom stereocenters. The van der Waals surface area contributed by atoms with Gasteiger partial charge >= 0.3 is 0 Å². The van der Waals surface area contributed by atoms with Crippen molar-refractivity contribution in [2.75, 3.05) is 45.9 Å². The van der Waals surface area contributed by atoms with E-state index >= 15 is 0 Å². The number of rotatable bonds is 9. The molecule has 1 aliphatic heterocycles. The van der Waals surface area contributed by atoms with Crippen molar-refractivity contribution in [3.8, 4) is 0 Å². The fraction of sp³-hybridized carbons (Fsp3) is 0.929. The van der Waals surface area contributed by atoms with Crippen LogP contribution in [0.15, 0.2) is 0 Å². The fourth-order valence-electron chi connectivity index (χ4n) is 2.23. The van der Waals surface area contributed by atoms with Crippen LogP contribution in [0.1, 0.15) is 33.1 Å². The van der Waals surface area contributed by atoms with E-state index in [4.69, 9.17) is 4.74 Å². The summed E-state index contributed by atoms with van der Waals surface area (Å²) in [4.78, 5) is 14.0. The molecule has 0 aromatic heterocycles. The number of carbonyl (C=O) groups is 1. The van der Waals surface area contributed by atoms with Crippen molar-refractivity contribution < 1.29 is 9.53 Å². The Kier molecular flexibility index (Phi) is 8.79. The van der Waals surface area contributed by atoms with Crippen LogP contribution in [0.25, 0.3) is 0 Å². The zero-order chi connectivity index (χ0) is 13.9. The van der Waals surface area contributed by atoms with Crippen LogP contribution in [-0.2, 0) is 9.53 Å². The number of nitrogens with one attached hydrogen (secondary N) is 2. The molecular formula is C14H29N3O2. The minimum absolute atomic E-state index is 0.111. The summed E-state index contributed by atoms with van der Waals surface area (Å²) >= 11 is 0. The highest BCUT2D eigenvalue weighted by Crippen LogP contribution is 1.97. The SMILES string of the molecule is CCC(CC)NC(=O)CNCCCN1CCOCC1. The molecule has 0 aromatic rings. The van der Waals surface area contributed by atoms with Gasteiger partial charge in [0, 0.05) is 19.1 Å². The molecule has 19 heavy (non-hydrogen) atoms. The monoisotopic (exact) mass is 271 g/mol. The Balaban J connectivity index is 1.96. The minimum Gasteiger partial charge on any atom is -0.379 e. The fourth-order valence-corrected chi connectivity index (χ4v) is 2.23. The van der Waals surface area contributed by atoms with Gasteiger partial charge in [0.05, 0.1) is 19.8 Å². The van der Waals surface area contributed by atoms with E-state index in [0.717, 1.165) is 58.7 Å². The van der Waals surface area contributed by atoms with E-state index in [1.807, 2.05) is 0 Å². The molecule has 1 fully saturated rings. The maximum atomic E-state index is 11.6. The van der Waals surface area contributed by atoms with Gasteiger partial charge in [0.15, 0.2) is 0 Å². The van der Waals surface area contributed by atoms with Crippen LogP contribution < -0.4 is 10.6 Å². The van der Waals surface area contributed by atoms with Crippen LogP contribution in [0, 0.1) is 0 Å². The Morgan fingerprint density at radius 3 is 2.58 bits per heavy atom. The molecule has 1 rings (SSSR count). The molecule has 5 nitrogen and oxygen atoms in total. The molecule has 112 valence electrons. The lowest BCUT2D eigenvalue weighted by molar-refractivity contribution is -0.121. The molecule has 0 aliphatic carbocycles. The number of carbonyl (C=O) groups excluding carboxylic acids is 1. The second-order valence-electron chi connectivity index (χ2n) is 5.07. The van der Waals surface area contributed by atoms with E-state index in [-0.39, 0.29) is 5.91 Å². The second kappa shape index (κ2) is 10.2. The largest absolute Gasteiger partial charge is 0.379 e. The molecule has 1 amide bonds. The summed E-state index contributed by atoms with van der Waals surface area (Å²) in [5, 5.41) is 6.24. The molecule has 0 bridgehead atoms. The van der Waals surface area contributed by atoms with Gasteiger partial charge in [0.2, 0.25) is 5.91 Å². The van der Waals surface area contributed by atoms with Crippen LogP contribution in [0.4, 0.5) is 0 Å². The molecule has 5 heteroatoms. The van der Waals surface area contributed by atoms with E-state index in [2.05, 4.69) is 29.4 Å². The van der Waals surface area contributed by atoms with Gasteiger partial charge in [-0.3, -0.25) is 9.69 Å². The third-order valence-corrected chi connectivity index (χ3v) is 3.57. The van der Waals surface area contributed by atoms with Crippen molar-refractivity contribution in [1.82, 2.24) is 15.5 Å². The maximum Gasteiger partial charge on any atom is 0.234 e. The number of morpholine rings is 1. The molecule has 0 spiro atoms. The van der Waals surface area contributed by atoms with Crippen LogP contribution in [0.5, 0.6) is 0 Å². The third kappa shape index (κ3) is 7.50. The predicted molar refractivity (Wildman–Crippen MR) is 77.3 cm³/mol. The molecule has 1 heterocycles. The topological polar surface area (TPSA) is 53.6 Å². The lowest BCUT2D eigenvalue weighted by atomic mass is 10.2. The van der Waals surface area contributed by atoms with Gasteiger partial charge in [-0.1, -0.05) is 13.8 Å². The third-order valence-electron chi connectivity index (χ3n) is 3.57. The van der Waals surface area contributed by atoms with Crippen molar-refractivity contribution in [2.24, 2.45) is 0 Å². The van der Waals surface area contributed by atoms with E-state index in [9.17, 15) is 4.79 Å². The zero-order valence-corrected chi connectivity index (χ0v) is 12.4.